The van der Waals surface area contributed by atoms with Crippen LogP contribution in [-0.2, 0) is 104 Å². The number of para-hydroxylation sites is 1. The molecule has 1 aliphatic heterocycles. The summed E-state index contributed by atoms with van der Waals surface area (Å²) in [6.07, 6.45) is -5.68. The molecule has 0 saturated carbocycles. The van der Waals surface area contributed by atoms with Crippen molar-refractivity contribution >= 4 is 141 Å². The molecule has 2 aromatic carbocycles. The lowest BCUT2D eigenvalue weighted by molar-refractivity contribution is -0.144. The van der Waals surface area contributed by atoms with Gasteiger partial charge in [0, 0.05) is 49.5 Å². The second-order valence-electron chi connectivity index (χ2n) is 32.6. The van der Waals surface area contributed by atoms with Crippen LogP contribution < -0.4 is 91.3 Å². The first kappa shape index (κ1) is 113. The van der Waals surface area contributed by atoms with Crippen molar-refractivity contribution in [1.82, 2.24) is 94.8 Å². The van der Waals surface area contributed by atoms with Crippen molar-refractivity contribution in [3.8, 4) is 5.75 Å². The van der Waals surface area contributed by atoms with E-state index in [9.17, 15) is 142 Å². The molecule has 744 valence electrons. The maximum atomic E-state index is 14.7. The lowest BCUT2D eigenvalue weighted by Crippen LogP contribution is -2.63. The number of H-pyrrole nitrogens is 1. The first-order chi connectivity index (χ1) is 63.1. The average Bonchev–Trinajstić information content (AvgIpc) is 1.63. The Balaban J connectivity index is 1.52. The maximum absolute atomic E-state index is 14.7. The highest BCUT2D eigenvalue weighted by Gasteiger charge is 2.44. The number of hydrogen-bond acceptors (Lipinski definition) is 29. The number of benzene rings is 2. The third-order valence-electron chi connectivity index (χ3n) is 21.1. The van der Waals surface area contributed by atoms with Crippen molar-refractivity contribution in [2.45, 2.75) is 248 Å². The number of carboxylic acid groups (broad SMARTS) is 4. The van der Waals surface area contributed by atoms with Crippen molar-refractivity contribution in [2.75, 3.05) is 51.4 Å². The molecule has 30 N–H and O–H groups in total. The van der Waals surface area contributed by atoms with Crippen LogP contribution in [0.5, 0.6) is 5.75 Å². The van der Waals surface area contributed by atoms with Crippen molar-refractivity contribution in [3.63, 3.8) is 0 Å². The zero-order valence-corrected chi connectivity index (χ0v) is 76.3. The molecule has 18 atom stereocenters. The minimum absolute atomic E-state index is 0.0158. The van der Waals surface area contributed by atoms with Crippen LogP contribution >= 0.6 is 11.8 Å². The molecule has 50 nitrogen and oxygen atoms in total. The number of nitrogens with zero attached hydrogens (tertiary/aromatic N) is 2. The summed E-state index contributed by atoms with van der Waals surface area (Å²) < 4.78 is 0. The van der Waals surface area contributed by atoms with Gasteiger partial charge in [-0.05, 0) is 132 Å². The van der Waals surface area contributed by atoms with Crippen LogP contribution in [-0.4, -0.2) is 345 Å². The number of aliphatic carboxylic acids is 4. The molecule has 0 aliphatic carbocycles. The fraction of sp³-hybridized carbons (Fsp3) is 0.590. The van der Waals surface area contributed by atoms with E-state index in [4.69, 9.17) is 16.6 Å². The SMILES string of the molecule is CCCN(NC(=O)[C@@H]1CCCN1C(=O)[C@@H](NC(=O)[C@@H](NC(=O)[C@H](CC(=O)O)NC(=O)[C@H](CCC(=O)O)NC(=O)[C@@H](NC(=O)[C@@H](N)CC(=O)O)[C@@H](C)O)C(C)C)C(C)C)C(=O)N[C@@H](CO)C(=O)N[C@@H](CCSC)C(=O)N[C@@H](CO)C(=O)N[C@@H](Cc1ccc(O)cc1)C(=O)N[C@H](C(=O)N[C@@H](Cc1c[nH]c2ccccc12)C(=O)N[C@H](C(=O)NCC(=O)N[C@@H](CCCCN)C(=O)O)[C@@H](C)O)[C@@H](C)O. The lowest BCUT2D eigenvalue weighted by Gasteiger charge is -2.33. The van der Waals surface area contributed by atoms with E-state index in [-0.39, 0.29) is 75.2 Å². The highest BCUT2D eigenvalue weighted by atomic mass is 32.2. The number of nitrogens with two attached hydrogens (primary N) is 2. The number of aromatic hydroxyl groups is 1. The normalized spacial score (nSPS) is 16.2. The van der Waals surface area contributed by atoms with Gasteiger partial charge in [-0.2, -0.15) is 11.8 Å². The summed E-state index contributed by atoms with van der Waals surface area (Å²) in [5, 5.41) is 136. The number of aromatic nitrogens is 1. The largest absolute Gasteiger partial charge is 0.508 e. The Kier molecular flexibility index (Phi) is 47.5. The highest BCUT2D eigenvalue weighted by molar-refractivity contribution is 7.98. The van der Waals surface area contributed by atoms with Gasteiger partial charge in [0.2, 0.25) is 82.7 Å². The summed E-state index contributed by atoms with van der Waals surface area (Å²) in [5.41, 5.74) is 14.8. The van der Waals surface area contributed by atoms with Gasteiger partial charge < -0.3 is 147 Å². The second-order valence-corrected chi connectivity index (χ2v) is 33.6. The molecule has 0 bridgehead atoms. The van der Waals surface area contributed by atoms with Crippen LogP contribution in [0.2, 0.25) is 0 Å². The standard InChI is InChI=1S/C83H126N20O30S/c1-10-28-103(101-76(125)58-19-15-29-102(58)81(130)64(40(4)5)97-78(127)63(39(2)3)96-73(122)55(34-62(115)116)92-69(118)50(24-25-60(111)112)90-79(128)66(42(7)107)98-68(117)48(85)33-61(113)114)83(133)95-57(38-105)75(124)89-51(26-30-134-9)70(119)94-56(37-104)74(123)91-53(31-44-20-22-46(109)23-21-44)71(120)100-67(43(8)108)80(129)93-54(32-45-35-86-49-17-12-11-16-47(45)49)72(121)99-65(41(6)106)77(126)87-36-59(110)88-52(82(131)132)18-13-14-27-84/h11-12,16-17,20-23,35,39-43,48,50-58,63-67,86,104-109H,10,13-15,18-19,24-34,36-38,84-85H2,1-9H3,(H,87,126)(H,88,110)(H,89,124)(H,90,128)(H,91,123)(H,92,118)(H,93,129)(H,94,119)(H,95,133)(H,96,122)(H,97,127)(H,98,117)(H,99,121)(H,100,120)(H,101,125)(H,111,112)(H,113,114)(H,115,116)(H,131,132)/t41-,42-,43-,48+,50+,51+,52+,53+,54+,55+,56+,57+,58+,63+,64+,65+,66+,67+/m1/s1. The lowest BCUT2D eigenvalue weighted by atomic mass is 9.98. The zero-order chi connectivity index (χ0) is 101. The molecule has 1 fully saturated rings. The molecule has 4 rings (SSSR count). The van der Waals surface area contributed by atoms with Crippen molar-refractivity contribution < 1.29 is 147 Å². The smallest absolute Gasteiger partial charge is 0.336 e. The molecule has 1 saturated heterocycles. The van der Waals surface area contributed by atoms with Gasteiger partial charge >= 0.3 is 29.9 Å². The summed E-state index contributed by atoms with van der Waals surface area (Å²) in [6, 6.07) is -15.6. The molecule has 2 heterocycles. The van der Waals surface area contributed by atoms with Crippen molar-refractivity contribution in [3.05, 3.63) is 65.9 Å². The van der Waals surface area contributed by atoms with Gasteiger partial charge in [0.1, 0.15) is 90.3 Å². The number of aliphatic hydroxyl groups excluding tert-OH is 5. The number of phenolic OH excluding ortho intramolecular Hbond substituents is 1. The van der Waals surface area contributed by atoms with E-state index in [1.165, 1.54) is 69.9 Å². The Bertz CT molecular complexity index is 4580. The predicted molar refractivity (Wildman–Crippen MR) is 474 cm³/mol. The van der Waals surface area contributed by atoms with E-state index in [1.54, 1.807) is 37.4 Å². The fourth-order valence-electron chi connectivity index (χ4n) is 13.7. The summed E-state index contributed by atoms with van der Waals surface area (Å²) in [7, 11) is 0. The fourth-order valence-corrected chi connectivity index (χ4v) is 14.1. The van der Waals surface area contributed by atoms with Gasteiger partial charge in [0.25, 0.3) is 5.91 Å². The predicted octanol–water partition coefficient (Wildman–Crippen LogP) is -8.05. The number of carboxylic acids is 4. The molecule has 1 aromatic heterocycles. The van der Waals surface area contributed by atoms with Crippen LogP contribution in [0.1, 0.15) is 137 Å². The second kappa shape index (κ2) is 56.2. The number of rotatable bonds is 57. The highest BCUT2D eigenvalue weighted by Crippen LogP contribution is 2.24. The molecule has 134 heavy (non-hydrogen) atoms. The average molecular weight is 1920 g/mol. The van der Waals surface area contributed by atoms with E-state index in [0.29, 0.717) is 29.3 Å². The third-order valence-corrected chi connectivity index (χ3v) is 21.7. The van der Waals surface area contributed by atoms with E-state index >= 15 is 0 Å². The summed E-state index contributed by atoms with van der Waals surface area (Å²) in [4.78, 5) is 275. The third kappa shape index (κ3) is 36.6. The number of likely N-dealkylation sites (tertiary alicyclic amines) is 1. The summed E-state index contributed by atoms with van der Waals surface area (Å²) in [6.45, 7) is 7.49. The van der Waals surface area contributed by atoms with E-state index in [0.717, 1.165) is 30.7 Å². The number of amides is 17. The van der Waals surface area contributed by atoms with Crippen LogP contribution in [0.15, 0.2) is 54.7 Å². The number of unbranched alkanes of at least 4 members (excludes halogenated alkanes) is 1. The Morgan fingerprint density at radius 3 is 1.51 bits per heavy atom. The first-order valence-corrected chi connectivity index (χ1v) is 44.5. The quantitative estimate of drug-likeness (QED) is 0.0184. The Hall–Kier alpha value is -13.0. The number of hydrazine groups is 1. The number of nitrogens with one attached hydrogen (secondary N) is 16. The van der Waals surface area contributed by atoms with Gasteiger partial charge in [-0.1, -0.05) is 65.0 Å². The minimum Gasteiger partial charge on any atom is -0.508 e. The molecule has 17 amide bonds. The number of hydrogen-bond donors (Lipinski definition) is 28. The van der Waals surface area contributed by atoms with E-state index in [1.807, 2.05) is 5.32 Å². The maximum Gasteiger partial charge on any atom is 0.336 e. The number of phenols is 1. The zero-order valence-electron chi connectivity index (χ0n) is 75.5. The molecular weight excluding hydrogens is 1790 g/mol. The molecule has 3 aromatic rings. The first-order valence-electron chi connectivity index (χ1n) is 43.1. The van der Waals surface area contributed by atoms with Crippen molar-refractivity contribution in [1.29, 1.82) is 0 Å². The van der Waals surface area contributed by atoms with Crippen LogP contribution in [0, 0.1) is 11.8 Å². The minimum atomic E-state index is -2.08. The van der Waals surface area contributed by atoms with Gasteiger partial charge in [-0.15, -0.1) is 0 Å². The number of urea groups is 1. The molecular formula is C83H126N20O30S. The monoisotopic (exact) mass is 1910 g/mol. The molecule has 0 radical (unpaired) electrons. The number of aromatic amines is 1. The van der Waals surface area contributed by atoms with Crippen LogP contribution in [0.3, 0.4) is 0 Å². The Morgan fingerprint density at radius 2 is 0.978 bits per heavy atom. The topological polar surface area (TPSA) is 798 Å². The number of thioether (sulfide) groups is 1. The van der Waals surface area contributed by atoms with Crippen LogP contribution in [0.4, 0.5) is 4.79 Å². The molecule has 51 heteroatoms. The summed E-state index contributed by atoms with van der Waals surface area (Å²) in [5.74, 6) is -25.1. The molecule has 0 unspecified atom stereocenters. The van der Waals surface area contributed by atoms with Gasteiger partial charge in [-0.25, -0.2) is 14.6 Å². The molecule has 0 spiro atoms. The van der Waals surface area contributed by atoms with Crippen LogP contribution in [0.25, 0.3) is 10.9 Å². The number of carbonyl (C=O) groups is 20. The van der Waals surface area contributed by atoms with E-state index < -0.39 is 291 Å². The van der Waals surface area contributed by atoms with Gasteiger partial charge in [0.05, 0.1) is 57.0 Å². The Morgan fingerprint density at radius 1 is 0.507 bits per heavy atom. The Labute approximate surface area is 773 Å². The van der Waals surface area contributed by atoms with E-state index in [2.05, 4.69) is 79.5 Å². The van der Waals surface area contributed by atoms with Gasteiger partial charge in [0.15, 0.2) is 0 Å². The number of aliphatic hydroxyl groups is 5. The number of carbonyl (C=O) groups excluding carboxylic acids is 16. The molecule has 1 aliphatic rings. The van der Waals surface area contributed by atoms with Crippen molar-refractivity contribution in [2.24, 2.45) is 23.3 Å². The summed E-state index contributed by atoms with van der Waals surface area (Å²) >= 11 is 1.19. The number of fused-ring (bicyclic) bond motifs is 1. The van der Waals surface area contributed by atoms with Gasteiger partial charge in [-0.3, -0.25) is 91.7 Å².